The number of guanidine groups is 1. The Hall–Kier alpha value is -1.24. The maximum Gasteiger partial charge on any atom is 0.188 e. The number of aromatic nitrogens is 1. The van der Waals surface area contributed by atoms with Crippen LogP contribution in [0, 0.1) is 0 Å². The van der Waals surface area contributed by atoms with Crippen LogP contribution in [-0.2, 0) is 6.54 Å². The number of fused-ring (bicyclic) bond motifs is 1. The van der Waals surface area contributed by atoms with Crippen molar-refractivity contribution in [2.45, 2.75) is 39.3 Å². The molecule has 2 aromatic rings. The minimum atomic E-state index is -0.0375. The average molecular weight is 400 g/mol. The van der Waals surface area contributed by atoms with E-state index in [1.807, 2.05) is 0 Å². The number of rotatable bonds is 4. The first kappa shape index (κ1) is 17.8. The molecule has 0 saturated carbocycles. The van der Waals surface area contributed by atoms with Crippen molar-refractivity contribution in [1.29, 1.82) is 0 Å². The van der Waals surface area contributed by atoms with E-state index in [0.29, 0.717) is 5.96 Å². The van der Waals surface area contributed by atoms with E-state index in [4.69, 9.17) is 5.73 Å². The van der Waals surface area contributed by atoms with Crippen LogP contribution in [0.15, 0.2) is 41.5 Å². The fourth-order valence-electron chi connectivity index (χ4n) is 2.20. The third-order valence-corrected chi connectivity index (χ3v) is 3.02. The maximum atomic E-state index is 5.84. The summed E-state index contributed by atoms with van der Waals surface area (Å²) in [7, 11) is 0. The molecule has 0 aliphatic rings. The molecule has 0 aliphatic heterocycles. The van der Waals surface area contributed by atoms with E-state index in [9.17, 15) is 0 Å². The van der Waals surface area contributed by atoms with Gasteiger partial charge in [-0.15, -0.1) is 24.0 Å². The van der Waals surface area contributed by atoms with Gasteiger partial charge in [-0.05, 0) is 44.7 Å². The average Bonchev–Trinajstić information content (AvgIpc) is 2.76. The highest BCUT2D eigenvalue weighted by molar-refractivity contribution is 14.0. The van der Waals surface area contributed by atoms with Gasteiger partial charge < -0.3 is 15.6 Å². The molecule has 0 bridgehead atoms. The molecular formula is C16H25IN4. The molecular weight excluding hydrogens is 375 g/mol. The van der Waals surface area contributed by atoms with Crippen LogP contribution in [0.5, 0.6) is 0 Å². The molecule has 1 aromatic heterocycles. The van der Waals surface area contributed by atoms with E-state index in [-0.39, 0.29) is 29.5 Å². The summed E-state index contributed by atoms with van der Waals surface area (Å²) >= 11 is 0. The number of benzene rings is 1. The Morgan fingerprint density at radius 3 is 2.67 bits per heavy atom. The van der Waals surface area contributed by atoms with Crippen molar-refractivity contribution in [3.05, 3.63) is 36.5 Å². The van der Waals surface area contributed by atoms with Gasteiger partial charge in [-0.1, -0.05) is 18.2 Å². The zero-order valence-corrected chi connectivity index (χ0v) is 15.3. The normalized spacial score (nSPS) is 12.2. The number of hydrogen-bond donors (Lipinski definition) is 2. The Balaban J connectivity index is 0.00000220. The van der Waals surface area contributed by atoms with Crippen molar-refractivity contribution in [2.24, 2.45) is 10.7 Å². The fourth-order valence-corrected chi connectivity index (χ4v) is 2.20. The predicted octanol–water partition coefficient (Wildman–Crippen LogP) is 3.35. The van der Waals surface area contributed by atoms with Crippen LogP contribution in [0.4, 0.5) is 0 Å². The van der Waals surface area contributed by atoms with Crippen LogP contribution in [-0.4, -0.2) is 22.6 Å². The number of nitrogens with zero attached hydrogens (tertiary/aromatic N) is 2. The summed E-state index contributed by atoms with van der Waals surface area (Å²) in [5.74, 6) is 0.523. The SMILES string of the molecule is CC(C)(C)NC(N)=NCCCn1ccc2ccccc21.I. The lowest BCUT2D eigenvalue weighted by Crippen LogP contribution is -2.45. The van der Waals surface area contributed by atoms with Crippen LogP contribution < -0.4 is 11.1 Å². The van der Waals surface area contributed by atoms with Gasteiger partial charge in [0.2, 0.25) is 0 Å². The number of nitrogens with one attached hydrogen (secondary N) is 1. The number of aliphatic imine (C=N–C) groups is 1. The van der Waals surface area contributed by atoms with E-state index in [1.165, 1.54) is 10.9 Å². The lowest BCUT2D eigenvalue weighted by molar-refractivity contribution is 0.507. The van der Waals surface area contributed by atoms with Crippen molar-refractivity contribution in [3.8, 4) is 0 Å². The monoisotopic (exact) mass is 400 g/mol. The largest absolute Gasteiger partial charge is 0.370 e. The second-order valence-corrected chi connectivity index (χ2v) is 6.06. The molecule has 0 atom stereocenters. The zero-order valence-electron chi connectivity index (χ0n) is 13.0. The summed E-state index contributed by atoms with van der Waals surface area (Å²) in [6.45, 7) is 7.91. The first-order valence-corrected chi connectivity index (χ1v) is 7.08. The number of hydrogen-bond acceptors (Lipinski definition) is 1. The molecule has 0 aliphatic carbocycles. The van der Waals surface area contributed by atoms with Gasteiger partial charge in [0.25, 0.3) is 0 Å². The summed E-state index contributed by atoms with van der Waals surface area (Å²) in [5.41, 5.74) is 7.08. The standard InChI is InChI=1S/C16H24N4.HI/c1-16(2,3)19-15(17)18-10-6-11-20-12-9-13-7-4-5-8-14(13)20;/h4-5,7-9,12H,6,10-11H2,1-3H3,(H3,17,18,19);1H. The van der Waals surface area contributed by atoms with Crippen LogP contribution >= 0.6 is 24.0 Å². The number of nitrogens with two attached hydrogens (primary N) is 1. The molecule has 116 valence electrons. The quantitative estimate of drug-likeness (QED) is 0.358. The van der Waals surface area contributed by atoms with Crippen LogP contribution in [0.1, 0.15) is 27.2 Å². The number of para-hydroxylation sites is 1. The highest BCUT2D eigenvalue weighted by atomic mass is 127. The minimum Gasteiger partial charge on any atom is -0.370 e. The third kappa shape index (κ3) is 5.57. The Bertz CT molecular complexity index is 596. The molecule has 4 nitrogen and oxygen atoms in total. The molecule has 0 fully saturated rings. The predicted molar refractivity (Wildman–Crippen MR) is 101 cm³/mol. The van der Waals surface area contributed by atoms with Gasteiger partial charge in [-0.25, -0.2) is 0 Å². The summed E-state index contributed by atoms with van der Waals surface area (Å²) in [5, 5.41) is 4.45. The molecule has 2 rings (SSSR count). The van der Waals surface area contributed by atoms with Crippen LogP contribution in [0.2, 0.25) is 0 Å². The van der Waals surface area contributed by atoms with E-state index in [0.717, 1.165) is 19.5 Å². The molecule has 3 N–H and O–H groups in total. The Kier molecular flexibility index (Phi) is 6.51. The van der Waals surface area contributed by atoms with Gasteiger partial charge in [0.05, 0.1) is 0 Å². The lowest BCUT2D eigenvalue weighted by atomic mass is 10.1. The molecule has 0 spiro atoms. The van der Waals surface area contributed by atoms with Crippen LogP contribution in [0.3, 0.4) is 0 Å². The van der Waals surface area contributed by atoms with Gasteiger partial charge >= 0.3 is 0 Å². The highest BCUT2D eigenvalue weighted by Gasteiger charge is 2.09. The first-order chi connectivity index (χ1) is 9.46. The van der Waals surface area contributed by atoms with E-state index in [2.05, 4.69) is 72.2 Å². The Morgan fingerprint density at radius 1 is 1.24 bits per heavy atom. The van der Waals surface area contributed by atoms with Crippen LogP contribution in [0.25, 0.3) is 10.9 Å². The second kappa shape index (κ2) is 7.68. The summed E-state index contributed by atoms with van der Waals surface area (Å²) < 4.78 is 2.26. The van der Waals surface area contributed by atoms with Gasteiger partial charge in [-0.3, -0.25) is 4.99 Å². The van der Waals surface area contributed by atoms with Gasteiger partial charge in [0.15, 0.2) is 5.96 Å². The smallest absolute Gasteiger partial charge is 0.188 e. The van der Waals surface area contributed by atoms with E-state index in [1.54, 1.807) is 0 Å². The van der Waals surface area contributed by atoms with Crippen molar-refractivity contribution in [2.75, 3.05) is 6.54 Å². The van der Waals surface area contributed by atoms with Crippen molar-refractivity contribution >= 4 is 40.8 Å². The lowest BCUT2D eigenvalue weighted by Gasteiger charge is -2.20. The summed E-state index contributed by atoms with van der Waals surface area (Å²) in [6.07, 6.45) is 3.11. The maximum absolute atomic E-state index is 5.84. The molecule has 21 heavy (non-hydrogen) atoms. The Labute approximate surface area is 143 Å². The molecule has 5 heteroatoms. The number of halogens is 1. The third-order valence-electron chi connectivity index (χ3n) is 3.02. The fraction of sp³-hybridized carbons (Fsp3) is 0.438. The van der Waals surface area contributed by atoms with Gasteiger partial charge in [-0.2, -0.15) is 0 Å². The van der Waals surface area contributed by atoms with Crippen molar-refractivity contribution in [1.82, 2.24) is 9.88 Å². The second-order valence-electron chi connectivity index (χ2n) is 6.06. The molecule has 0 saturated heterocycles. The minimum absolute atomic E-state index is 0. The molecule has 0 radical (unpaired) electrons. The van der Waals surface area contributed by atoms with Gasteiger partial charge in [0, 0.05) is 30.3 Å². The summed E-state index contributed by atoms with van der Waals surface area (Å²) in [6, 6.07) is 10.6. The van der Waals surface area contributed by atoms with E-state index >= 15 is 0 Å². The van der Waals surface area contributed by atoms with Crippen molar-refractivity contribution in [3.63, 3.8) is 0 Å². The first-order valence-electron chi connectivity index (χ1n) is 7.08. The van der Waals surface area contributed by atoms with Gasteiger partial charge in [0.1, 0.15) is 0 Å². The summed E-state index contributed by atoms with van der Waals surface area (Å²) in [4.78, 5) is 4.36. The molecule has 1 aromatic carbocycles. The molecule has 1 heterocycles. The van der Waals surface area contributed by atoms with E-state index < -0.39 is 0 Å². The highest BCUT2D eigenvalue weighted by Crippen LogP contribution is 2.15. The van der Waals surface area contributed by atoms with Crippen molar-refractivity contribution < 1.29 is 0 Å². The molecule has 0 amide bonds. The molecule has 0 unspecified atom stereocenters. The zero-order chi connectivity index (χ0) is 14.6. The Morgan fingerprint density at radius 2 is 1.95 bits per heavy atom. The topological polar surface area (TPSA) is 55.3 Å². The number of aryl methyl sites for hydroxylation is 1.